The maximum atomic E-state index is 14.7. The fourth-order valence-corrected chi connectivity index (χ4v) is 9.16. The van der Waals surface area contributed by atoms with Gasteiger partial charge >= 0.3 is 0 Å². The fourth-order valence-electron chi connectivity index (χ4n) is 5.32. The maximum Gasteiger partial charge on any atom is 0.131 e. The van der Waals surface area contributed by atoms with Crippen molar-refractivity contribution in [2.24, 2.45) is 5.92 Å². The number of benzene rings is 3. The van der Waals surface area contributed by atoms with Crippen LogP contribution in [0.5, 0.6) is 0 Å². The third kappa shape index (κ3) is 6.21. The molecular weight excluding hydrogens is 421 g/mol. The van der Waals surface area contributed by atoms with Crippen LogP contribution in [-0.2, 0) is 12.8 Å². The second kappa shape index (κ2) is 10.9. The number of nitriles is 1. The minimum Gasteiger partial charge on any atom is -0.206 e. The summed E-state index contributed by atoms with van der Waals surface area (Å²) in [6, 6.07) is 28.4. The van der Waals surface area contributed by atoms with E-state index in [9.17, 15) is 4.39 Å². The van der Waals surface area contributed by atoms with Gasteiger partial charge in [-0.25, -0.2) is 4.39 Å². The zero-order chi connectivity index (χ0) is 23.2. The predicted octanol–water partition coefficient (Wildman–Crippen LogP) is 7.91. The van der Waals surface area contributed by atoms with Crippen molar-refractivity contribution < 1.29 is 4.39 Å². The second-order valence-corrected chi connectivity index (χ2v) is 13.5. The summed E-state index contributed by atoms with van der Waals surface area (Å²) >= 11 is 0. The van der Waals surface area contributed by atoms with Crippen LogP contribution in [-0.4, -0.2) is 8.80 Å². The summed E-state index contributed by atoms with van der Waals surface area (Å²) in [5.41, 5.74) is 5.81. The minimum atomic E-state index is -0.478. The van der Waals surface area contributed by atoms with Crippen LogP contribution >= 0.6 is 0 Å². The largest absolute Gasteiger partial charge is 0.206 e. The van der Waals surface area contributed by atoms with E-state index >= 15 is 0 Å². The average Bonchev–Trinajstić information content (AvgIpc) is 2.83. The number of hydrogen-bond acceptors (Lipinski definition) is 1. The van der Waals surface area contributed by atoms with Crippen LogP contribution in [0.3, 0.4) is 0 Å². The molecule has 0 atom stereocenters. The maximum absolute atomic E-state index is 14.7. The predicted molar refractivity (Wildman–Crippen MR) is 139 cm³/mol. The zero-order valence-electron chi connectivity index (χ0n) is 19.9. The molecule has 0 aliphatic carbocycles. The topological polar surface area (TPSA) is 23.8 Å². The molecule has 0 spiro atoms. The van der Waals surface area contributed by atoms with Crippen molar-refractivity contribution in [1.82, 2.24) is 0 Å². The highest BCUT2D eigenvalue weighted by atomic mass is 28.3. The zero-order valence-corrected chi connectivity index (χ0v) is 21.0. The van der Waals surface area contributed by atoms with E-state index in [1.165, 1.54) is 42.1 Å². The van der Waals surface area contributed by atoms with Crippen molar-refractivity contribution in [3.05, 3.63) is 94.8 Å². The van der Waals surface area contributed by atoms with E-state index in [0.717, 1.165) is 35.8 Å². The third-order valence-electron chi connectivity index (χ3n) is 7.16. The van der Waals surface area contributed by atoms with Crippen molar-refractivity contribution >= 4 is 8.80 Å². The number of aryl methyl sites for hydroxylation is 2. The molecule has 33 heavy (non-hydrogen) atoms. The van der Waals surface area contributed by atoms with Gasteiger partial charge in [-0.3, -0.25) is 0 Å². The van der Waals surface area contributed by atoms with Gasteiger partial charge in [0.1, 0.15) is 5.82 Å². The van der Waals surface area contributed by atoms with E-state index in [2.05, 4.69) is 44.2 Å². The first-order valence-electron chi connectivity index (χ1n) is 12.4. The quantitative estimate of drug-likeness (QED) is 0.332. The van der Waals surface area contributed by atoms with E-state index in [0.29, 0.717) is 11.1 Å². The first-order valence-corrected chi connectivity index (χ1v) is 14.8. The van der Waals surface area contributed by atoms with Crippen molar-refractivity contribution in [2.45, 2.75) is 63.6 Å². The standard InChI is InChI=1S/C30H34FNSi/c1-22(2)21-33-17-15-27(16-18-33)26-10-5-23(6-11-26)3-4-24-9-14-29(30(31)19-24)28-12-7-25(20-32)8-13-28/h5-14,19,22,27,33H,3-4,15-18,21H2,1-2H3/t27-,33-. The fraction of sp³-hybridized carbons (Fsp3) is 0.367. The molecule has 0 amide bonds. The van der Waals surface area contributed by atoms with Crippen molar-refractivity contribution in [2.75, 3.05) is 0 Å². The van der Waals surface area contributed by atoms with E-state index in [1.807, 2.05) is 12.1 Å². The molecular formula is C30H34FNSi. The van der Waals surface area contributed by atoms with E-state index < -0.39 is 8.80 Å². The second-order valence-electron chi connectivity index (χ2n) is 10.1. The van der Waals surface area contributed by atoms with Gasteiger partial charge in [-0.15, -0.1) is 0 Å². The lowest BCUT2D eigenvalue weighted by atomic mass is 9.92. The average molecular weight is 456 g/mol. The van der Waals surface area contributed by atoms with Gasteiger partial charge in [-0.05, 0) is 78.0 Å². The van der Waals surface area contributed by atoms with Crippen molar-refractivity contribution in [3.8, 4) is 17.2 Å². The number of nitrogens with zero attached hydrogens (tertiary/aromatic N) is 1. The van der Waals surface area contributed by atoms with Gasteiger partial charge in [0.2, 0.25) is 0 Å². The molecule has 1 heterocycles. The summed E-state index contributed by atoms with van der Waals surface area (Å²) in [7, 11) is -0.478. The van der Waals surface area contributed by atoms with Crippen LogP contribution < -0.4 is 0 Å². The lowest BCUT2D eigenvalue weighted by Gasteiger charge is -2.29. The molecule has 1 nitrogen and oxygen atoms in total. The van der Waals surface area contributed by atoms with Gasteiger partial charge < -0.3 is 0 Å². The van der Waals surface area contributed by atoms with Crippen molar-refractivity contribution in [1.29, 1.82) is 5.26 Å². The van der Waals surface area contributed by atoms with Gasteiger partial charge in [0.05, 0.1) is 11.6 Å². The van der Waals surface area contributed by atoms with Gasteiger partial charge in [0, 0.05) is 14.4 Å². The molecule has 0 N–H and O–H groups in total. The summed E-state index contributed by atoms with van der Waals surface area (Å²) < 4.78 is 14.7. The molecule has 0 bridgehead atoms. The molecule has 1 saturated heterocycles. The Labute approximate surface area is 199 Å². The Hall–Kier alpha value is -2.70. The Morgan fingerprint density at radius 1 is 0.909 bits per heavy atom. The molecule has 3 heteroatoms. The van der Waals surface area contributed by atoms with E-state index in [1.54, 1.807) is 30.3 Å². The SMILES string of the molecule is CC(C)C[Si@H]1CC[C@H](c2ccc(CCc3ccc(-c4ccc(C#N)cc4)c(F)c3)cc2)CC1. The molecule has 0 radical (unpaired) electrons. The molecule has 4 rings (SSSR count). The van der Waals surface area contributed by atoms with E-state index in [-0.39, 0.29) is 5.82 Å². The van der Waals surface area contributed by atoms with Gasteiger partial charge in [-0.1, -0.05) is 80.5 Å². The number of hydrogen-bond donors (Lipinski definition) is 0. The monoisotopic (exact) mass is 455 g/mol. The smallest absolute Gasteiger partial charge is 0.131 e. The first kappa shape index (κ1) is 23.5. The van der Waals surface area contributed by atoms with Gasteiger partial charge in [0.15, 0.2) is 0 Å². The highest BCUT2D eigenvalue weighted by Gasteiger charge is 2.23. The Bertz CT molecular complexity index is 1090. The number of rotatable bonds is 7. The van der Waals surface area contributed by atoms with Crippen LogP contribution in [0.4, 0.5) is 4.39 Å². The Balaban J connectivity index is 1.32. The lowest BCUT2D eigenvalue weighted by Crippen LogP contribution is -2.21. The molecule has 0 saturated carbocycles. The molecule has 1 fully saturated rings. The Morgan fingerprint density at radius 3 is 2.15 bits per heavy atom. The number of halogens is 1. The summed E-state index contributed by atoms with van der Waals surface area (Å²) in [5.74, 6) is 1.42. The summed E-state index contributed by atoms with van der Waals surface area (Å²) in [4.78, 5) is 0. The van der Waals surface area contributed by atoms with Crippen LogP contribution in [0.25, 0.3) is 11.1 Å². The van der Waals surface area contributed by atoms with E-state index in [4.69, 9.17) is 5.26 Å². The van der Waals surface area contributed by atoms with Gasteiger partial charge in [-0.2, -0.15) is 5.26 Å². The highest BCUT2D eigenvalue weighted by Crippen LogP contribution is 2.35. The lowest BCUT2D eigenvalue weighted by molar-refractivity contribution is 0.597. The van der Waals surface area contributed by atoms with Crippen LogP contribution in [0.1, 0.15) is 54.9 Å². The van der Waals surface area contributed by atoms with Crippen LogP contribution in [0.2, 0.25) is 18.1 Å². The molecule has 0 unspecified atom stereocenters. The molecule has 170 valence electrons. The highest BCUT2D eigenvalue weighted by molar-refractivity contribution is 6.59. The Kier molecular flexibility index (Phi) is 7.78. The first-order chi connectivity index (χ1) is 16.0. The normalized spacial score (nSPS) is 18.3. The third-order valence-corrected chi connectivity index (χ3v) is 11.1. The van der Waals surface area contributed by atoms with Crippen LogP contribution in [0, 0.1) is 23.1 Å². The molecule has 0 aromatic heterocycles. The van der Waals surface area contributed by atoms with Crippen molar-refractivity contribution in [3.63, 3.8) is 0 Å². The molecule has 1 aliphatic heterocycles. The Morgan fingerprint density at radius 2 is 1.55 bits per heavy atom. The molecule has 3 aromatic carbocycles. The minimum absolute atomic E-state index is 0.204. The summed E-state index contributed by atoms with van der Waals surface area (Å²) in [5, 5.41) is 8.94. The summed E-state index contributed by atoms with van der Waals surface area (Å²) in [6.07, 6.45) is 4.52. The summed E-state index contributed by atoms with van der Waals surface area (Å²) in [6.45, 7) is 4.74. The van der Waals surface area contributed by atoms with Crippen LogP contribution in [0.15, 0.2) is 66.7 Å². The molecule has 1 aliphatic rings. The van der Waals surface area contributed by atoms with Gasteiger partial charge in [0.25, 0.3) is 0 Å². The molecule has 3 aromatic rings.